The van der Waals surface area contributed by atoms with Crippen molar-refractivity contribution in [2.24, 2.45) is 0 Å². The summed E-state index contributed by atoms with van der Waals surface area (Å²) >= 11 is 0. The first-order valence-electron chi connectivity index (χ1n) is 6.63. The minimum atomic E-state index is -3.79. The third kappa shape index (κ3) is 4.52. The first-order chi connectivity index (χ1) is 9.69. The lowest BCUT2D eigenvalue weighted by Crippen LogP contribution is -2.36. The van der Waals surface area contributed by atoms with Gasteiger partial charge in [0.15, 0.2) is 0 Å². The molecule has 0 aliphatic rings. The fraction of sp³-hybridized carbons (Fsp3) is 0.500. The van der Waals surface area contributed by atoms with Crippen LogP contribution in [0.4, 0.5) is 0 Å². The van der Waals surface area contributed by atoms with Gasteiger partial charge in [-0.25, -0.2) is 17.9 Å². The van der Waals surface area contributed by atoms with Crippen LogP contribution in [0.15, 0.2) is 17.0 Å². The molecule has 0 heterocycles. The Morgan fingerprint density at radius 2 is 2.00 bits per heavy atom. The number of sulfonamides is 1. The molecule has 0 aliphatic heterocycles. The highest BCUT2D eigenvalue weighted by atomic mass is 32.2. The summed E-state index contributed by atoms with van der Waals surface area (Å²) in [4.78, 5) is 11.1. The van der Waals surface area contributed by atoms with Crippen LogP contribution in [0.5, 0.6) is 0 Å². The second kappa shape index (κ2) is 7.02. The molecule has 7 heteroatoms. The zero-order valence-electron chi connectivity index (χ0n) is 12.6. The van der Waals surface area contributed by atoms with Crippen LogP contribution < -0.4 is 4.72 Å². The van der Waals surface area contributed by atoms with E-state index in [1.54, 1.807) is 20.8 Å². The van der Waals surface area contributed by atoms with Gasteiger partial charge in [-0.15, -0.1) is 0 Å². The summed E-state index contributed by atoms with van der Waals surface area (Å²) in [6.07, 6.45) is 0. The van der Waals surface area contributed by atoms with Crippen molar-refractivity contribution in [2.75, 3.05) is 13.2 Å². The topological polar surface area (TPSA) is 92.7 Å². The van der Waals surface area contributed by atoms with Gasteiger partial charge in [0.1, 0.15) is 0 Å². The monoisotopic (exact) mass is 315 g/mol. The third-order valence-electron chi connectivity index (χ3n) is 3.08. The summed E-state index contributed by atoms with van der Waals surface area (Å²) in [5, 5.41) is 9.05. The van der Waals surface area contributed by atoms with E-state index in [0.29, 0.717) is 17.7 Å². The highest BCUT2D eigenvalue weighted by Crippen LogP contribution is 2.21. The van der Waals surface area contributed by atoms with Crippen molar-refractivity contribution in [1.29, 1.82) is 0 Å². The molecular weight excluding hydrogens is 294 g/mol. The molecule has 21 heavy (non-hydrogen) atoms. The summed E-state index contributed by atoms with van der Waals surface area (Å²) in [6.45, 7) is 7.61. The molecule has 6 nitrogen and oxygen atoms in total. The van der Waals surface area contributed by atoms with Crippen molar-refractivity contribution in [2.45, 2.75) is 38.6 Å². The van der Waals surface area contributed by atoms with Gasteiger partial charge in [0.05, 0.1) is 17.1 Å². The molecule has 1 aromatic carbocycles. The molecule has 0 fully saturated rings. The fourth-order valence-electron chi connectivity index (χ4n) is 1.89. The molecule has 1 atom stereocenters. The van der Waals surface area contributed by atoms with E-state index in [2.05, 4.69) is 4.72 Å². The number of aromatic carboxylic acids is 1. The molecule has 0 spiro atoms. The number of benzene rings is 1. The number of hydrogen-bond acceptors (Lipinski definition) is 4. The fourth-order valence-corrected chi connectivity index (χ4v) is 3.46. The molecule has 118 valence electrons. The van der Waals surface area contributed by atoms with E-state index >= 15 is 0 Å². The maximum absolute atomic E-state index is 12.4. The second-order valence-electron chi connectivity index (χ2n) is 4.90. The maximum Gasteiger partial charge on any atom is 0.335 e. The predicted molar refractivity (Wildman–Crippen MR) is 79.2 cm³/mol. The zero-order chi connectivity index (χ0) is 16.2. The van der Waals surface area contributed by atoms with Crippen LogP contribution in [0.1, 0.15) is 35.3 Å². The maximum atomic E-state index is 12.4. The Morgan fingerprint density at radius 1 is 1.38 bits per heavy atom. The van der Waals surface area contributed by atoms with E-state index in [1.807, 2.05) is 6.92 Å². The van der Waals surface area contributed by atoms with Gasteiger partial charge in [-0.05, 0) is 51.0 Å². The second-order valence-corrected chi connectivity index (χ2v) is 6.59. The van der Waals surface area contributed by atoms with Crippen LogP contribution in [0.2, 0.25) is 0 Å². The molecule has 0 saturated heterocycles. The average molecular weight is 315 g/mol. The molecule has 0 aromatic heterocycles. The Morgan fingerprint density at radius 3 is 2.52 bits per heavy atom. The number of aryl methyl sites for hydroxylation is 1. The van der Waals surface area contributed by atoms with Gasteiger partial charge in [0.2, 0.25) is 10.0 Å². The minimum absolute atomic E-state index is 0.0109. The molecule has 0 saturated carbocycles. The molecule has 0 amide bonds. The third-order valence-corrected chi connectivity index (χ3v) is 4.80. The predicted octanol–water partition coefficient (Wildman–Crippen LogP) is 1.70. The van der Waals surface area contributed by atoms with Gasteiger partial charge in [-0.1, -0.05) is 0 Å². The number of carbonyl (C=O) groups is 1. The van der Waals surface area contributed by atoms with Gasteiger partial charge in [0.25, 0.3) is 0 Å². The lowest BCUT2D eigenvalue weighted by molar-refractivity contribution is 0.0696. The molecule has 2 N–H and O–H groups in total. The van der Waals surface area contributed by atoms with Gasteiger partial charge in [-0.3, -0.25) is 0 Å². The quantitative estimate of drug-likeness (QED) is 0.799. The van der Waals surface area contributed by atoms with Gasteiger partial charge < -0.3 is 9.84 Å². The van der Waals surface area contributed by atoms with E-state index in [4.69, 9.17) is 9.84 Å². The summed E-state index contributed by atoms with van der Waals surface area (Å²) in [5.74, 6) is -1.16. The first-order valence-corrected chi connectivity index (χ1v) is 8.12. The lowest BCUT2D eigenvalue weighted by Gasteiger charge is -2.16. The molecule has 1 rings (SSSR count). The highest BCUT2D eigenvalue weighted by molar-refractivity contribution is 7.89. The van der Waals surface area contributed by atoms with Crippen LogP contribution in [0.25, 0.3) is 0 Å². The molecule has 0 radical (unpaired) electrons. The van der Waals surface area contributed by atoms with E-state index < -0.39 is 22.0 Å². The number of ether oxygens (including phenoxy) is 1. The van der Waals surface area contributed by atoms with Crippen LogP contribution in [-0.2, 0) is 14.8 Å². The van der Waals surface area contributed by atoms with Gasteiger partial charge >= 0.3 is 5.97 Å². The molecule has 0 bridgehead atoms. The van der Waals surface area contributed by atoms with Crippen molar-refractivity contribution in [3.8, 4) is 0 Å². The van der Waals surface area contributed by atoms with Crippen molar-refractivity contribution >= 4 is 16.0 Å². The van der Waals surface area contributed by atoms with Gasteiger partial charge in [0, 0.05) is 12.6 Å². The Bertz CT molecular complexity index is 624. The van der Waals surface area contributed by atoms with Crippen molar-refractivity contribution in [3.63, 3.8) is 0 Å². The summed E-state index contributed by atoms with van der Waals surface area (Å²) in [5.41, 5.74) is 1.11. The summed E-state index contributed by atoms with van der Waals surface area (Å²) in [6, 6.07) is 2.24. The van der Waals surface area contributed by atoms with Gasteiger partial charge in [-0.2, -0.15) is 0 Å². The Balaban J connectivity index is 3.16. The Hall–Kier alpha value is -1.44. The van der Waals surface area contributed by atoms with E-state index in [1.165, 1.54) is 12.1 Å². The normalized spacial score (nSPS) is 13.1. The van der Waals surface area contributed by atoms with Crippen molar-refractivity contribution in [3.05, 3.63) is 28.8 Å². The molecule has 0 aliphatic carbocycles. The number of nitrogens with one attached hydrogen (secondary N) is 1. The van der Waals surface area contributed by atoms with E-state index in [9.17, 15) is 13.2 Å². The lowest BCUT2D eigenvalue weighted by atomic mass is 10.1. The first kappa shape index (κ1) is 17.6. The van der Waals surface area contributed by atoms with E-state index in [-0.39, 0.29) is 17.1 Å². The molecule has 1 aromatic rings. The zero-order valence-corrected chi connectivity index (χ0v) is 13.5. The highest BCUT2D eigenvalue weighted by Gasteiger charge is 2.22. The van der Waals surface area contributed by atoms with Crippen LogP contribution in [-0.4, -0.2) is 38.7 Å². The minimum Gasteiger partial charge on any atom is -0.478 e. The number of carboxylic acids is 1. The largest absolute Gasteiger partial charge is 0.478 e. The SMILES string of the molecule is CCOCC(C)NS(=O)(=O)c1cc(C(=O)O)cc(C)c1C. The number of carboxylic acid groups (broad SMARTS) is 1. The number of hydrogen-bond donors (Lipinski definition) is 2. The van der Waals surface area contributed by atoms with E-state index in [0.717, 1.165) is 0 Å². The van der Waals surface area contributed by atoms with Crippen LogP contribution >= 0.6 is 0 Å². The smallest absolute Gasteiger partial charge is 0.335 e. The molecule has 1 unspecified atom stereocenters. The average Bonchev–Trinajstić information content (AvgIpc) is 2.38. The molecular formula is C14H21NO5S. The summed E-state index contributed by atoms with van der Waals surface area (Å²) < 4.78 is 32.5. The number of rotatable bonds is 7. The summed E-state index contributed by atoms with van der Waals surface area (Å²) in [7, 11) is -3.79. The van der Waals surface area contributed by atoms with Crippen LogP contribution in [0.3, 0.4) is 0 Å². The standard InChI is InChI=1S/C14H21NO5S/c1-5-20-8-10(3)15-21(18,19)13-7-12(14(16)17)6-9(2)11(13)4/h6-7,10,15H,5,8H2,1-4H3,(H,16,17). The Kier molecular flexibility index (Phi) is 5.88. The van der Waals surface area contributed by atoms with Crippen molar-refractivity contribution < 1.29 is 23.1 Å². The van der Waals surface area contributed by atoms with Crippen molar-refractivity contribution in [1.82, 2.24) is 4.72 Å². The Labute approximate surface area is 125 Å². The van der Waals surface area contributed by atoms with Crippen LogP contribution in [0, 0.1) is 13.8 Å².